The molecule has 2 aromatic rings. The lowest BCUT2D eigenvalue weighted by molar-refractivity contribution is 0.0582. The SMILES string of the molecule is Cc1ccc(C(=O)N(CCS(=O)(=O)N2CCNCC2)C2CCN(Cc3ccccc3)CC2)cc1. The number of piperidine rings is 1. The van der Waals surface area contributed by atoms with Gasteiger partial charge in [-0.2, -0.15) is 4.31 Å². The largest absolute Gasteiger partial charge is 0.334 e. The highest BCUT2D eigenvalue weighted by Gasteiger charge is 2.31. The number of nitrogens with zero attached hydrogens (tertiary/aromatic N) is 3. The number of amides is 1. The molecular formula is C26H36N4O3S. The summed E-state index contributed by atoms with van der Waals surface area (Å²) in [5.41, 5.74) is 3.01. The maximum Gasteiger partial charge on any atom is 0.254 e. The smallest absolute Gasteiger partial charge is 0.254 e. The van der Waals surface area contributed by atoms with Gasteiger partial charge in [-0.15, -0.1) is 0 Å². The van der Waals surface area contributed by atoms with Gasteiger partial charge in [-0.25, -0.2) is 8.42 Å². The minimum Gasteiger partial charge on any atom is -0.334 e. The molecule has 34 heavy (non-hydrogen) atoms. The molecule has 2 saturated heterocycles. The van der Waals surface area contributed by atoms with E-state index in [1.807, 2.05) is 42.2 Å². The first-order chi connectivity index (χ1) is 16.4. The molecule has 2 fully saturated rings. The van der Waals surface area contributed by atoms with Gasteiger partial charge in [0.2, 0.25) is 10.0 Å². The first-order valence-electron chi connectivity index (χ1n) is 12.2. The zero-order valence-corrected chi connectivity index (χ0v) is 20.8. The maximum atomic E-state index is 13.5. The fourth-order valence-electron chi connectivity index (χ4n) is 4.81. The van der Waals surface area contributed by atoms with Crippen LogP contribution in [0.3, 0.4) is 0 Å². The molecule has 184 valence electrons. The second-order valence-corrected chi connectivity index (χ2v) is 11.4. The Balaban J connectivity index is 1.44. The van der Waals surface area contributed by atoms with Crippen molar-refractivity contribution in [3.8, 4) is 0 Å². The van der Waals surface area contributed by atoms with Gasteiger partial charge in [-0.1, -0.05) is 48.0 Å². The van der Waals surface area contributed by atoms with Crippen molar-refractivity contribution in [1.29, 1.82) is 0 Å². The Morgan fingerprint density at radius 2 is 1.62 bits per heavy atom. The number of piperazine rings is 1. The molecule has 0 aliphatic carbocycles. The highest BCUT2D eigenvalue weighted by molar-refractivity contribution is 7.89. The third kappa shape index (κ3) is 6.44. The minimum absolute atomic E-state index is 0.0329. The van der Waals surface area contributed by atoms with Crippen LogP contribution < -0.4 is 5.32 Å². The molecule has 0 saturated carbocycles. The second-order valence-electron chi connectivity index (χ2n) is 9.32. The van der Waals surface area contributed by atoms with Gasteiger partial charge in [0.25, 0.3) is 5.91 Å². The number of carbonyl (C=O) groups is 1. The van der Waals surface area contributed by atoms with E-state index in [1.54, 1.807) is 4.31 Å². The number of nitrogens with one attached hydrogen (secondary N) is 1. The number of hydrogen-bond donors (Lipinski definition) is 1. The average molecular weight is 485 g/mol. The molecule has 0 unspecified atom stereocenters. The van der Waals surface area contributed by atoms with Crippen LogP contribution in [0.1, 0.15) is 34.3 Å². The molecule has 2 heterocycles. The lowest BCUT2D eigenvalue weighted by Gasteiger charge is -2.39. The van der Waals surface area contributed by atoms with E-state index in [0.717, 1.165) is 38.0 Å². The Labute approximate surface area is 203 Å². The predicted octanol–water partition coefficient (Wildman–Crippen LogP) is 2.34. The zero-order chi connectivity index (χ0) is 24.0. The second kappa shape index (κ2) is 11.4. The van der Waals surface area contributed by atoms with Crippen LogP contribution in [0, 0.1) is 6.92 Å². The molecule has 2 aliphatic heterocycles. The molecule has 0 radical (unpaired) electrons. The molecule has 8 heteroatoms. The number of hydrogen-bond acceptors (Lipinski definition) is 5. The Kier molecular flexibility index (Phi) is 8.37. The summed E-state index contributed by atoms with van der Waals surface area (Å²) in [6.07, 6.45) is 1.69. The molecular weight excluding hydrogens is 448 g/mol. The average Bonchev–Trinajstić information content (AvgIpc) is 2.86. The van der Waals surface area contributed by atoms with Gasteiger partial charge >= 0.3 is 0 Å². The van der Waals surface area contributed by atoms with E-state index in [0.29, 0.717) is 31.7 Å². The molecule has 0 atom stereocenters. The van der Waals surface area contributed by atoms with Crippen LogP contribution >= 0.6 is 0 Å². The fourth-order valence-corrected chi connectivity index (χ4v) is 6.23. The van der Waals surface area contributed by atoms with Crippen molar-refractivity contribution < 1.29 is 13.2 Å². The number of likely N-dealkylation sites (tertiary alicyclic amines) is 1. The van der Waals surface area contributed by atoms with E-state index < -0.39 is 10.0 Å². The molecule has 0 bridgehead atoms. The first-order valence-corrected chi connectivity index (χ1v) is 13.9. The Morgan fingerprint density at radius 1 is 0.971 bits per heavy atom. The normalized spacial score (nSPS) is 18.6. The lowest BCUT2D eigenvalue weighted by Crippen LogP contribution is -2.51. The van der Waals surface area contributed by atoms with E-state index in [4.69, 9.17) is 0 Å². The summed E-state index contributed by atoms with van der Waals surface area (Å²) in [5.74, 6) is -0.105. The van der Waals surface area contributed by atoms with Crippen molar-refractivity contribution in [1.82, 2.24) is 19.4 Å². The summed E-state index contributed by atoms with van der Waals surface area (Å²) in [6.45, 7) is 7.23. The highest BCUT2D eigenvalue weighted by atomic mass is 32.2. The molecule has 0 spiro atoms. The Hall–Kier alpha value is -2.26. The summed E-state index contributed by atoms with van der Waals surface area (Å²) < 4.78 is 27.5. The van der Waals surface area contributed by atoms with Crippen LogP contribution in [0.25, 0.3) is 0 Å². The van der Waals surface area contributed by atoms with Crippen molar-refractivity contribution in [3.63, 3.8) is 0 Å². The van der Waals surface area contributed by atoms with Crippen molar-refractivity contribution in [3.05, 3.63) is 71.3 Å². The van der Waals surface area contributed by atoms with Crippen molar-refractivity contribution in [2.75, 3.05) is 51.6 Å². The summed E-state index contributed by atoms with van der Waals surface area (Å²) >= 11 is 0. The predicted molar refractivity (Wildman–Crippen MR) is 135 cm³/mol. The van der Waals surface area contributed by atoms with Crippen LogP contribution in [0.4, 0.5) is 0 Å². The van der Waals surface area contributed by atoms with E-state index in [1.165, 1.54) is 5.56 Å². The number of carbonyl (C=O) groups excluding carboxylic acids is 1. The number of benzene rings is 2. The number of sulfonamides is 1. The summed E-state index contributed by atoms with van der Waals surface area (Å²) in [5, 5.41) is 3.19. The van der Waals surface area contributed by atoms with Gasteiger partial charge in [0.05, 0.1) is 5.75 Å². The number of rotatable bonds is 8. The fraction of sp³-hybridized carbons (Fsp3) is 0.500. The molecule has 7 nitrogen and oxygen atoms in total. The highest BCUT2D eigenvalue weighted by Crippen LogP contribution is 2.21. The van der Waals surface area contributed by atoms with Crippen LogP contribution in [-0.2, 0) is 16.6 Å². The first kappa shape index (κ1) is 24.9. The van der Waals surface area contributed by atoms with E-state index in [-0.39, 0.29) is 24.2 Å². The summed E-state index contributed by atoms with van der Waals surface area (Å²) in [6, 6.07) is 18.0. The third-order valence-electron chi connectivity index (χ3n) is 6.87. The maximum absolute atomic E-state index is 13.5. The molecule has 2 aliphatic rings. The van der Waals surface area contributed by atoms with E-state index in [9.17, 15) is 13.2 Å². The van der Waals surface area contributed by atoms with Gasteiger partial charge < -0.3 is 10.2 Å². The van der Waals surface area contributed by atoms with Gasteiger partial charge in [-0.3, -0.25) is 9.69 Å². The van der Waals surface area contributed by atoms with Crippen LogP contribution in [0.5, 0.6) is 0 Å². The molecule has 2 aromatic carbocycles. The molecule has 0 aromatic heterocycles. The lowest BCUT2D eigenvalue weighted by atomic mass is 10.0. The molecule has 4 rings (SSSR count). The summed E-state index contributed by atoms with van der Waals surface area (Å²) in [7, 11) is -3.40. The van der Waals surface area contributed by atoms with Crippen LogP contribution in [0.15, 0.2) is 54.6 Å². The standard InChI is InChI=1S/C26H36N4O3S/c1-22-7-9-24(10-8-22)26(31)30(19-20-34(32,33)29-17-13-27-14-18-29)25-11-15-28(16-12-25)21-23-5-3-2-4-6-23/h2-10,25,27H,11-21H2,1H3. The van der Waals surface area contributed by atoms with Crippen molar-refractivity contribution >= 4 is 15.9 Å². The van der Waals surface area contributed by atoms with Gasteiger partial charge in [0.15, 0.2) is 0 Å². The Morgan fingerprint density at radius 3 is 2.26 bits per heavy atom. The van der Waals surface area contributed by atoms with Gasteiger partial charge in [-0.05, 0) is 37.5 Å². The topological polar surface area (TPSA) is 73.0 Å². The van der Waals surface area contributed by atoms with Crippen molar-refractivity contribution in [2.24, 2.45) is 0 Å². The summed E-state index contributed by atoms with van der Waals surface area (Å²) in [4.78, 5) is 17.8. The van der Waals surface area contributed by atoms with E-state index in [2.05, 4.69) is 34.5 Å². The van der Waals surface area contributed by atoms with Crippen molar-refractivity contribution in [2.45, 2.75) is 32.4 Å². The molecule has 1 amide bonds. The number of aryl methyl sites for hydroxylation is 1. The van der Waals surface area contributed by atoms with Gasteiger partial charge in [0, 0.05) is 64.0 Å². The van der Waals surface area contributed by atoms with E-state index >= 15 is 0 Å². The third-order valence-corrected chi connectivity index (χ3v) is 8.72. The van der Waals surface area contributed by atoms with Crippen LogP contribution in [0.2, 0.25) is 0 Å². The quantitative estimate of drug-likeness (QED) is 0.623. The monoisotopic (exact) mass is 484 g/mol. The Bertz CT molecular complexity index is 1030. The molecule has 1 N–H and O–H groups in total. The van der Waals surface area contributed by atoms with Gasteiger partial charge in [0.1, 0.15) is 0 Å². The zero-order valence-electron chi connectivity index (χ0n) is 20.0. The van der Waals surface area contributed by atoms with Crippen LogP contribution in [-0.4, -0.2) is 86.0 Å². The minimum atomic E-state index is -3.40.